The van der Waals surface area contributed by atoms with E-state index in [-0.39, 0.29) is 29.9 Å². The second-order valence-corrected chi connectivity index (χ2v) is 9.20. The molecular weight excluding hydrogens is 370 g/mol. The maximum absolute atomic E-state index is 13.2. The highest BCUT2D eigenvalue weighted by Crippen LogP contribution is 2.36. The normalized spacial score (nSPS) is 25.8. The summed E-state index contributed by atoms with van der Waals surface area (Å²) in [6.45, 7) is 2.65. The fourth-order valence-electron chi connectivity index (χ4n) is 3.76. The summed E-state index contributed by atoms with van der Waals surface area (Å²) in [5.74, 6) is 0.220. The average molecular weight is 397 g/mol. The van der Waals surface area contributed by atoms with Crippen LogP contribution in [0, 0.1) is 18.8 Å². The molecule has 3 rings (SSSR count). The lowest BCUT2D eigenvalue weighted by Crippen LogP contribution is -2.41. The first kappa shape index (κ1) is 20.1. The first-order valence-electron chi connectivity index (χ1n) is 9.32. The summed E-state index contributed by atoms with van der Waals surface area (Å²) in [6.07, 6.45) is 3.00. The van der Waals surface area contributed by atoms with Crippen molar-refractivity contribution in [2.24, 2.45) is 11.8 Å². The number of aryl methyl sites for hydroxylation is 1. The van der Waals surface area contributed by atoms with Crippen molar-refractivity contribution in [3.63, 3.8) is 0 Å². The third kappa shape index (κ3) is 3.97. The molecule has 1 N–H and O–H groups in total. The number of carbonyl (C=O) groups excluding carboxylic acids is 1. The predicted octanol–water partition coefficient (Wildman–Crippen LogP) is 1.72. The largest absolute Gasteiger partial charge is 0.492 e. The number of esters is 1. The van der Waals surface area contributed by atoms with Crippen molar-refractivity contribution >= 4 is 16.0 Å². The molecule has 150 valence electrons. The minimum absolute atomic E-state index is 0.0729. The van der Waals surface area contributed by atoms with Crippen LogP contribution in [0.25, 0.3) is 0 Å². The van der Waals surface area contributed by atoms with Crippen molar-refractivity contribution in [3.05, 3.63) is 23.8 Å². The predicted molar refractivity (Wildman–Crippen MR) is 98.9 cm³/mol. The Kier molecular flexibility index (Phi) is 6.08. The summed E-state index contributed by atoms with van der Waals surface area (Å²) in [5, 5.41) is 9.33. The van der Waals surface area contributed by atoms with Crippen LogP contribution in [-0.4, -0.2) is 56.7 Å². The molecule has 0 unspecified atom stereocenters. The van der Waals surface area contributed by atoms with Gasteiger partial charge in [-0.15, -0.1) is 0 Å². The van der Waals surface area contributed by atoms with E-state index in [1.54, 1.807) is 12.1 Å². The lowest BCUT2D eigenvalue weighted by atomic mass is 9.75. The lowest BCUT2D eigenvalue weighted by Gasteiger charge is -2.35. The highest BCUT2D eigenvalue weighted by Gasteiger charge is 2.41. The quantitative estimate of drug-likeness (QED) is 0.704. The molecule has 1 aromatic rings. The van der Waals surface area contributed by atoms with E-state index in [0.29, 0.717) is 25.2 Å². The summed E-state index contributed by atoms with van der Waals surface area (Å²) in [4.78, 5) is 12.1. The van der Waals surface area contributed by atoms with Gasteiger partial charge >= 0.3 is 5.97 Å². The molecule has 27 heavy (non-hydrogen) atoms. The monoisotopic (exact) mass is 397 g/mol. The van der Waals surface area contributed by atoms with E-state index in [0.717, 1.165) is 18.4 Å². The molecule has 2 aliphatic rings. The fraction of sp³-hybridized carbons (Fsp3) is 0.632. The van der Waals surface area contributed by atoms with Gasteiger partial charge in [0.1, 0.15) is 16.7 Å². The van der Waals surface area contributed by atoms with E-state index in [4.69, 9.17) is 9.47 Å². The SMILES string of the molecule is COC(=O)[C@@H]1CCCN1S(=O)(=O)c1ccc(C)cc1OC[C@@H]1CC[C@@H]1CO. The number of methoxy groups -OCH3 is 1. The maximum atomic E-state index is 13.2. The third-order valence-electron chi connectivity index (χ3n) is 5.63. The zero-order valence-corrected chi connectivity index (χ0v) is 16.6. The molecule has 1 saturated carbocycles. The number of benzene rings is 1. The van der Waals surface area contributed by atoms with Crippen LogP contribution in [0.5, 0.6) is 5.75 Å². The zero-order chi connectivity index (χ0) is 19.6. The minimum atomic E-state index is -3.89. The highest BCUT2D eigenvalue weighted by atomic mass is 32.2. The van der Waals surface area contributed by atoms with Gasteiger partial charge in [0, 0.05) is 13.2 Å². The molecule has 0 spiro atoms. The molecule has 0 amide bonds. The van der Waals surface area contributed by atoms with Crippen molar-refractivity contribution in [1.82, 2.24) is 4.31 Å². The van der Waals surface area contributed by atoms with Crippen LogP contribution in [0.2, 0.25) is 0 Å². The molecular formula is C19H27NO6S. The van der Waals surface area contributed by atoms with Gasteiger partial charge in [-0.05, 0) is 62.1 Å². The van der Waals surface area contributed by atoms with E-state index in [1.165, 1.54) is 17.5 Å². The lowest BCUT2D eigenvalue weighted by molar-refractivity contribution is -0.144. The van der Waals surface area contributed by atoms with Gasteiger partial charge in [0.2, 0.25) is 10.0 Å². The van der Waals surface area contributed by atoms with Crippen LogP contribution in [-0.2, 0) is 19.6 Å². The van der Waals surface area contributed by atoms with Crippen LogP contribution in [0.3, 0.4) is 0 Å². The van der Waals surface area contributed by atoms with Gasteiger partial charge in [-0.3, -0.25) is 4.79 Å². The summed E-state index contributed by atoms with van der Waals surface area (Å²) in [6, 6.07) is 4.18. The Bertz CT molecular complexity index is 791. The first-order valence-corrected chi connectivity index (χ1v) is 10.8. The summed E-state index contributed by atoms with van der Waals surface area (Å²) in [5.41, 5.74) is 0.891. The van der Waals surface area contributed by atoms with Gasteiger partial charge in [-0.1, -0.05) is 6.07 Å². The van der Waals surface area contributed by atoms with Gasteiger partial charge in [-0.25, -0.2) is 8.42 Å². The Hall–Kier alpha value is -1.64. The van der Waals surface area contributed by atoms with Gasteiger partial charge in [0.15, 0.2) is 0 Å². The second kappa shape index (κ2) is 8.16. The number of sulfonamides is 1. The van der Waals surface area contributed by atoms with Gasteiger partial charge in [0.25, 0.3) is 0 Å². The molecule has 2 fully saturated rings. The first-order chi connectivity index (χ1) is 12.9. The molecule has 0 aromatic heterocycles. The molecule has 1 aliphatic carbocycles. The fourth-order valence-corrected chi connectivity index (χ4v) is 5.52. The Labute approximate surface area is 160 Å². The van der Waals surface area contributed by atoms with E-state index in [2.05, 4.69) is 0 Å². The third-order valence-corrected chi connectivity index (χ3v) is 7.57. The molecule has 7 nitrogen and oxygen atoms in total. The number of aliphatic hydroxyl groups excluding tert-OH is 1. The Morgan fingerprint density at radius 1 is 1.26 bits per heavy atom. The number of rotatable bonds is 7. The maximum Gasteiger partial charge on any atom is 0.324 e. The Balaban J connectivity index is 1.85. The van der Waals surface area contributed by atoms with Crippen LogP contribution >= 0.6 is 0 Å². The number of hydrogen-bond donors (Lipinski definition) is 1. The molecule has 1 heterocycles. The summed E-state index contributed by atoms with van der Waals surface area (Å²) in [7, 11) is -2.62. The number of nitrogens with zero attached hydrogens (tertiary/aromatic N) is 1. The van der Waals surface area contributed by atoms with Crippen molar-refractivity contribution in [1.29, 1.82) is 0 Å². The molecule has 1 aromatic carbocycles. The molecule has 0 bridgehead atoms. The summed E-state index contributed by atoms with van der Waals surface area (Å²) < 4.78 is 38.4. The molecule has 1 aliphatic heterocycles. The van der Waals surface area contributed by atoms with Crippen molar-refractivity contribution in [2.75, 3.05) is 26.9 Å². The Morgan fingerprint density at radius 3 is 2.63 bits per heavy atom. The van der Waals surface area contributed by atoms with Crippen molar-refractivity contribution in [2.45, 2.75) is 43.5 Å². The standard InChI is InChI=1S/C19H27NO6S/c1-13-5-8-18(17(10-13)26-12-15-7-6-14(15)11-21)27(23,24)20-9-3-4-16(20)19(22)25-2/h5,8,10,14-16,21H,3-4,6-7,9,11-12H2,1-2H3/t14-,15+,16+/m1/s1. The molecule has 3 atom stereocenters. The van der Waals surface area contributed by atoms with Gasteiger partial charge < -0.3 is 14.6 Å². The number of aliphatic hydroxyl groups is 1. The minimum Gasteiger partial charge on any atom is -0.492 e. The topological polar surface area (TPSA) is 93.1 Å². The Morgan fingerprint density at radius 2 is 2.00 bits per heavy atom. The van der Waals surface area contributed by atoms with E-state index in [9.17, 15) is 18.3 Å². The van der Waals surface area contributed by atoms with Gasteiger partial charge in [-0.2, -0.15) is 4.31 Å². The van der Waals surface area contributed by atoms with E-state index in [1.807, 2.05) is 6.92 Å². The molecule has 1 saturated heterocycles. The van der Waals surface area contributed by atoms with Crippen molar-refractivity contribution < 1.29 is 27.8 Å². The zero-order valence-electron chi connectivity index (χ0n) is 15.8. The van der Waals surface area contributed by atoms with Gasteiger partial charge in [0.05, 0.1) is 13.7 Å². The van der Waals surface area contributed by atoms with E-state index < -0.39 is 22.0 Å². The van der Waals surface area contributed by atoms with E-state index >= 15 is 0 Å². The second-order valence-electron chi connectivity index (χ2n) is 7.34. The average Bonchev–Trinajstić information content (AvgIpc) is 3.11. The summed E-state index contributed by atoms with van der Waals surface area (Å²) >= 11 is 0. The van der Waals surface area contributed by atoms with Crippen LogP contribution < -0.4 is 4.74 Å². The smallest absolute Gasteiger partial charge is 0.324 e. The molecule has 0 radical (unpaired) electrons. The van der Waals surface area contributed by atoms with Crippen molar-refractivity contribution in [3.8, 4) is 5.75 Å². The number of carbonyl (C=O) groups is 1. The van der Waals surface area contributed by atoms with Crippen LogP contribution in [0.1, 0.15) is 31.2 Å². The van der Waals surface area contributed by atoms with Crippen LogP contribution in [0.15, 0.2) is 23.1 Å². The number of hydrogen-bond acceptors (Lipinski definition) is 6. The highest BCUT2D eigenvalue weighted by molar-refractivity contribution is 7.89. The van der Waals surface area contributed by atoms with Crippen LogP contribution in [0.4, 0.5) is 0 Å². The molecule has 8 heteroatoms. The number of ether oxygens (including phenoxy) is 2.